The van der Waals surface area contributed by atoms with Crippen molar-refractivity contribution in [3.05, 3.63) is 0 Å². The summed E-state index contributed by atoms with van der Waals surface area (Å²) in [7, 11) is 0. The maximum atomic E-state index is 10.9. The van der Waals surface area contributed by atoms with Gasteiger partial charge in [-0.25, -0.2) is 4.79 Å². The fourth-order valence-electron chi connectivity index (χ4n) is 2.04. The van der Waals surface area contributed by atoms with E-state index >= 15 is 0 Å². The van der Waals surface area contributed by atoms with E-state index < -0.39 is 12.0 Å². The quantitative estimate of drug-likeness (QED) is 0.716. The third-order valence-corrected chi connectivity index (χ3v) is 3.18. The van der Waals surface area contributed by atoms with E-state index in [1.807, 2.05) is 0 Å². The predicted octanol–water partition coefficient (Wildman–Crippen LogP) is 0.888. The number of carboxylic acids is 1. The van der Waals surface area contributed by atoms with Crippen LogP contribution in [0.15, 0.2) is 0 Å². The Morgan fingerprint density at radius 2 is 2.07 bits per heavy atom. The van der Waals surface area contributed by atoms with Gasteiger partial charge in [0.05, 0.1) is 5.92 Å². The first-order chi connectivity index (χ1) is 7.02. The van der Waals surface area contributed by atoms with Crippen LogP contribution in [0, 0.1) is 11.8 Å². The molecule has 1 fully saturated rings. The molecule has 2 amide bonds. The number of amides is 2. The Kier molecular flexibility index (Phi) is 3.94. The molecule has 0 radical (unpaired) electrons. The fraction of sp³-hybridized carbons (Fsp3) is 0.800. The van der Waals surface area contributed by atoms with Crippen molar-refractivity contribution in [3.63, 3.8) is 0 Å². The second kappa shape index (κ2) is 5.00. The zero-order valence-corrected chi connectivity index (χ0v) is 8.98. The first-order valence-electron chi connectivity index (χ1n) is 5.29. The van der Waals surface area contributed by atoms with E-state index in [1.165, 1.54) is 0 Å². The number of aliphatic carboxylic acids is 1. The molecule has 2 unspecified atom stereocenters. The summed E-state index contributed by atoms with van der Waals surface area (Å²) < 4.78 is 0. The normalized spacial score (nSPS) is 24.3. The van der Waals surface area contributed by atoms with Gasteiger partial charge in [0, 0.05) is 13.1 Å². The standard InChI is InChI=1S/C10H18N2O3/c1-7(9(13)14)8-3-2-5-12(6-4-8)10(11)15/h7-8H,2-6H2,1H3,(H2,11,15)(H,13,14). The molecule has 0 aromatic heterocycles. The molecule has 15 heavy (non-hydrogen) atoms. The van der Waals surface area contributed by atoms with E-state index in [0.717, 1.165) is 19.3 Å². The SMILES string of the molecule is CC(C(=O)O)C1CCCN(C(N)=O)CC1. The highest BCUT2D eigenvalue weighted by Gasteiger charge is 2.26. The summed E-state index contributed by atoms with van der Waals surface area (Å²) in [5, 5.41) is 8.90. The molecule has 5 heteroatoms. The van der Waals surface area contributed by atoms with Crippen molar-refractivity contribution in [2.75, 3.05) is 13.1 Å². The molecule has 1 rings (SSSR count). The van der Waals surface area contributed by atoms with Crippen LogP contribution >= 0.6 is 0 Å². The van der Waals surface area contributed by atoms with Crippen molar-refractivity contribution >= 4 is 12.0 Å². The van der Waals surface area contributed by atoms with Gasteiger partial charge in [-0.15, -0.1) is 0 Å². The van der Waals surface area contributed by atoms with Crippen molar-refractivity contribution in [3.8, 4) is 0 Å². The number of nitrogens with two attached hydrogens (primary N) is 1. The Balaban J connectivity index is 2.52. The zero-order chi connectivity index (χ0) is 11.4. The number of hydrogen-bond acceptors (Lipinski definition) is 2. The first kappa shape index (κ1) is 11.8. The smallest absolute Gasteiger partial charge is 0.314 e. The Bertz CT molecular complexity index is 255. The molecule has 0 aliphatic carbocycles. The van der Waals surface area contributed by atoms with Gasteiger partial charge < -0.3 is 15.7 Å². The van der Waals surface area contributed by atoms with Gasteiger partial charge in [0.25, 0.3) is 0 Å². The lowest BCUT2D eigenvalue weighted by Crippen LogP contribution is -2.36. The highest BCUT2D eigenvalue weighted by atomic mass is 16.4. The molecule has 3 N–H and O–H groups in total. The van der Waals surface area contributed by atoms with E-state index in [-0.39, 0.29) is 11.8 Å². The van der Waals surface area contributed by atoms with Crippen LogP contribution in [0.4, 0.5) is 4.79 Å². The number of nitrogens with zero attached hydrogens (tertiary/aromatic N) is 1. The maximum Gasteiger partial charge on any atom is 0.314 e. The van der Waals surface area contributed by atoms with Crippen molar-refractivity contribution in [1.82, 2.24) is 4.90 Å². The van der Waals surface area contributed by atoms with Gasteiger partial charge in [-0.1, -0.05) is 6.92 Å². The fourth-order valence-corrected chi connectivity index (χ4v) is 2.04. The molecule has 86 valence electrons. The molecule has 1 saturated heterocycles. The summed E-state index contributed by atoms with van der Waals surface area (Å²) in [5.74, 6) is -0.933. The first-order valence-corrected chi connectivity index (χ1v) is 5.29. The molecular weight excluding hydrogens is 196 g/mol. The van der Waals surface area contributed by atoms with Gasteiger partial charge in [-0.05, 0) is 25.2 Å². The minimum atomic E-state index is -0.757. The molecule has 2 atom stereocenters. The zero-order valence-electron chi connectivity index (χ0n) is 8.98. The van der Waals surface area contributed by atoms with Crippen molar-refractivity contribution < 1.29 is 14.7 Å². The van der Waals surface area contributed by atoms with Crippen LogP contribution in [-0.2, 0) is 4.79 Å². The minimum Gasteiger partial charge on any atom is -0.481 e. The summed E-state index contributed by atoms with van der Waals surface area (Å²) in [5.41, 5.74) is 5.19. The largest absolute Gasteiger partial charge is 0.481 e. The van der Waals surface area contributed by atoms with Gasteiger partial charge in [0.1, 0.15) is 0 Å². The van der Waals surface area contributed by atoms with Gasteiger partial charge >= 0.3 is 12.0 Å². The van der Waals surface area contributed by atoms with Crippen LogP contribution in [0.2, 0.25) is 0 Å². The van der Waals surface area contributed by atoms with Crippen LogP contribution in [0.5, 0.6) is 0 Å². The van der Waals surface area contributed by atoms with Crippen LogP contribution in [-0.4, -0.2) is 35.1 Å². The second-order valence-electron chi connectivity index (χ2n) is 4.14. The molecule has 1 aliphatic rings. The van der Waals surface area contributed by atoms with Crippen molar-refractivity contribution in [1.29, 1.82) is 0 Å². The Labute approximate surface area is 89.2 Å². The van der Waals surface area contributed by atoms with Crippen LogP contribution < -0.4 is 5.73 Å². The molecule has 1 aliphatic heterocycles. The van der Waals surface area contributed by atoms with E-state index in [2.05, 4.69) is 0 Å². The third kappa shape index (κ3) is 3.11. The van der Waals surface area contributed by atoms with Crippen LogP contribution in [0.25, 0.3) is 0 Å². The lowest BCUT2D eigenvalue weighted by atomic mass is 9.88. The highest BCUT2D eigenvalue weighted by Crippen LogP contribution is 2.25. The summed E-state index contributed by atoms with van der Waals surface area (Å²) in [4.78, 5) is 23.4. The van der Waals surface area contributed by atoms with E-state index in [4.69, 9.17) is 10.8 Å². The summed E-state index contributed by atoms with van der Waals surface area (Å²) >= 11 is 0. The number of rotatable bonds is 2. The summed E-state index contributed by atoms with van der Waals surface area (Å²) in [6.07, 6.45) is 2.43. The number of urea groups is 1. The van der Waals surface area contributed by atoms with Gasteiger partial charge in [-0.3, -0.25) is 4.79 Å². The van der Waals surface area contributed by atoms with E-state index in [0.29, 0.717) is 13.1 Å². The van der Waals surface area contributed by atoms with Gasteiger partial charge in [-0.2, -0.15) is 0 Å². The second-order valence-corrected chi connectivity index (χ2v) is 4.14. The highest BCUT2D eigenvalue weighted by molar-refractivity contribution is 5.72. The molecule has 0 aromatic carbocycles. The average molecular weight is 214 g/mol. The monoisotopic (exact) mass is 214 g/mol. The Hall–Kier alpha value is -1.26. The lowest BCUT2D eigenvalue weighted by Gasteiger charge is -2.19. The molecule has 0 bridgehead atoms. The van der Waals surface area contributed by atoms with E-state index in [9.17, 15) is 9.59 Å². The number of carbonyl (C=O) groups is 2. The summed E-state index contributed by atoms with van der Waals surface area (Å²) in [6, 6.07) is -0.404. The number of hydrogen-bond donors (Lipinski definition) is 2. The predicted molar refractivity (Wildman–Crippen MR) is 55.3 cm³/mol. The topological polar surface area (TPSA) is 83.6 Å². The van der Waals surface area contributed by atoms with E-state index in [1.54, 1.807) is 11.8 Å². The van der Waals surface area contributed by atoms with Crippen LogP contribution in [0.1, 0.15) is 26.2 Å². The van der Waals surface area contributed by atoms with Crippen molar-refractivity contribution in [2.45, 2.75) is 26.2 Å². The van der Waals surface area contributed by atoms with Gasteiger partial charge in [0.2, 0.25) is 0 Å². The number of primary amides is 1. The van der Waals surface area contributed by atoms with Gasteiger partial charge in [0.15, 0.2) is 0 Å². The van der Waals surface area contributed by atoms with Crippen molar-refractivity contribution in [2.24, 2.45) is 17.6 Å². The molecule has 0 aromatic rings. The maximum absolute atomic E-state index is 10.9. The molecular formula is C10H18N2O3. The molecule has 5 nitrogen and oxygen atoms in total. The number of carbonyl (C=O) groups excluding carboxylic acids is 1. The average Bonchev–Trinajstić information content (AvgIpc) is 2.41. The minimum absolute atomic E-state index is 0.159. The molecule has 0 saturated carbocycles. The van der Waals surface area contributed by atoms with Crippen LogP contribution in [0.3, 0.4) is 0 Å². The molecule has 0 spiro atoms. The molecule has 1 heterocycles. The number of carboxylic acid groups (broad SMARTS) is 1. The third-order valence-electron chi connectivity index (χ3n) is 3.18. The lowest BCUT2D eigenvalue weighted by molar-refractivity contribution is -0.143. The summed E-state index contributed by atoms with van der Waals surface area (Å²) in [6.45, 7) is 2.96. The Morgan fingerprint density at radius 3 is 2.60 bits per heavy atom. The number of likely N-dealkylation sites (tertiary alicyclic amines) is 1. The Morgan fingerprint density at radius 1 is 1.40 bits per heavy atom.